The van der Waals surface area contributed by atoms with E-state index in [1.807, 2.05) is 0 Å². The molecule has 3 rings (SSSR count). The summed E-state index contributed by atoms with van der Waals surface area (Å²) in [6.45, 7) is 3.16. The fraction of sp³-hybridized carbons (Fsp3) is 0.917. The summed E-state index contributed by atoms with van der Waals surface area (Å²) < 4.78 is 2.06. The molecule has 2 aliphatic rings. The number of rotatable bonds is 4. The van der Waals surface area contributed by atoms with Gasteiger partial charge in [0.25, 0.3) is 0 Å². The lowest BCUT2D eigenvalue weighted by molar-refractivity contribution is 0.264. The van der Waals surface area contributed by atoms with Gasteiger partial charge in [-0.05, 0) is 54.9 Å². The second kappa shape index (κ2) is 4.72. The number of nitrogens with zero attached hydrogens (tertiary/aromatic N) is 4. The zero-order chi connectivity index (χ0) is 11.7. The Labute approximate surface area is 102 Å². The zero-order valence-electron chi connectivity index (χ0n) is 10.5. The van der Waals surface area contributed by atoms with E-state index in [0.717, 1.165) is 18.3 Å². The number of hydrogen-bond donors (Lipinski definition) is 1. The normalized spacial score (nSPS) is 29.5. The largest absolute Gasteiger partial charge is 0.307 e. The second-order valence-corrected chi connectivity index (χ2v) is 5.61. The van der Waals surface area contributed by atoms with E-state index < -0.39 is 0 Å². The minimum atomic E-state index is 0.525. The van der Waals surface area contributed by atoms with E-state index in [-0.39, 0.29) is 0 Å². The fourth-order valence-corrected chi connectivity index (χ4v) is 2.62. The Morgan fingerprint density at radius 2 is 1.94 bits per heavy atom. The average molecular weight is 235 g/mol. The van der Waals surface area contributed by atoms with Crippen molar-refractivity contribution in [2.45, 2.75) is 64.1 Å². The Balaban J connectivity index is 1.62. The molecule has 5 heteroatoms. The molecule has 0 radical (unpaired) electrons. The summed E-state index contributed by atoms with van der Waals surface area (Å²) >= 11 is 0. The maximum Gasteiger partial charge on any atom is 0.165 e. The van der Waals surface area contributed by atoms with Gasteiger partial charge < -0.3 is 5.32 Å². The number of aromatic nitrogens is 4. The SMILES string of the molecule is CC1CCC(n2nnnc2CNC2CC2)CC1. The van der Waals surface area contributed by atoms with Crippen LogP contribution in [-0.2, 0) is 6.54 Å². The quantitative estimate of drug-likeness (QED) is 0.862. The van der Waals surface area contributed by atoms with Crippen molar-refractivity contribution in [3.8, 4) is 0 Å². The van der Waals surface area contributed by atoms with Crippen molar-refractivity contribution >= 4 is 0 Å². The minimum Gasteiger partial charge on any atom is -0.307 e. The Morgan fingerprint density at radius 1 is 1.18 bits per heavy atom. The van der Waals surface area contributed by atoms with Gasteiger partial charge in [-0.25, -0.2) is 4.68 Å². The van der Waals surface area contributed by atoms with Gasteiger partial charge in [-0.2, -0.15) is 0 Å². The highest BCUT2D eigenvalue weighted by molar-refractivity contribution is 4.89. The van der Waals surface area contributed by atoms with Crippen LogP contribution in [0.25, 0.3) is 0 Å². The summed E-state index contributed by atoms with van der Waals surface area (Å²) in [5, 5.41) is 15.6. The molecule has 1 aromatic rings. The lowest BCUT2D eigenvalue weighted by Gasteiger charge is -2.26. The number of nitrogens with one attached hydrogen (secondary N) is 1. The second-order valence-electron chi connectivity index (χ2n) is 5.61. The average Bonchev–Trinajstić information content (AvgIpc) is 3.06. The molecule has 0 amide bonds. The summed E-state index contributed by atoms with van der Waals surface area (Å²) in [6.07, 6.45) is 7.68. The van der Waals surface area contributed by atoms with Crippen molar-refractivity contribution < 1.29 is 0 Å². The molecule has 1 aromatic heterocycles. The monoisotopic (exact) mass is 235 g/mol. The van der Waals surface area contributed by atoms with Gasteiger partial charge >= 0.3 is 0 Å². The Hall–Kier alpha value is -0.970. The maximum absolute atomic E-state index is 4.18. The molecular weight excluding hydrogens is 214 g/mol. The number of hydrogen-bond acceptors (Lipinski definition) is 4. The molecule has 17 heavy (non-hydrogen) atoms. The molecule has 0 atom stereocenters. The van der Waals surface area contributed by atoms with Gasteiger partial charge in [0, 0.05) is 6.04 Å². The van der Waals surface area contributed by atoms with E-state index in [0.29, 0.717) is 12.1 Å². The summed E-state index contributed by atoms with van der Waals surface area (Å²) in [6, 6.07) is 1.24. The van der Waals surface area contributed by atoms with Crippen molar-refractivity contribution in [1.29, 1.82) is 0 Å². The predicted molar refractivity (Wildman–Crippen MR) is 64.3 cm³/mol. The molecule has 0 saturated heterocycles. The molecule has 0 spiro atoms. The van der Waals surface area contributed by atoms with Gasteiger partial charge in [0.05, 0.1) is 12.6 Å². The van der Waals surface area contributed by atoms with Gasteiger partial charge in [-0.15, -0.1) is 5.10 Å². The van der Waals surface area contributed by atoms with E-state index in [1.165, 1.54) is 38.5 Å². The molecule has 5 nitrogen and oxygen atoms in total. The van der Waals surface area contributed by atoms with Gasteiger partial charge in [-0.3, -0.25) is 0 Å². The summed E-state index contributed by atoms with van der Waals surface area (Å²) in [5.74, 6) is 1.88. The van der Waals surface area contributed by atoms with Crippen LogP contribution >= 0.6 is 0 Å². The van der Waals surface area contributed by atoms with Crippen LogP contribution in [0.15, 0.2) is 0 Å². The Bertz CT molecular complexity index is 363. The van der Waals surface area contributed by atoms with Crippen molar-refractivity contribution in [2.75, 3.05) is 0 Å². The third-order valence-corrected chi connectivity index (χ3v) is 4.02. The summed E-state index contributed by atoms with van der Waals surface area (Å²) in [7, 11) is 0. The van der Waals surface area contributed by atoms with Crippen LogP contribution < -0.4 is 5.32 Å². The topological polar surface area (TPSA) is 55.6 Å². The molecule has 1 heterocycles. The van der Waals surface area contributed by atoms with Crippen molar-refractivity contribution in [2.24, 2.45) is 5.92 Å². The Kier molecular flexibility index (Phi) is 3.09. The Morgan fingerprint density at radius 3 is 2.65 bits per heavy atom. The lowest BCUT2D eigenvalue weighted by Crippen LogP contribution is -2.24. The van der Waals surface area contributed by atoms with Crippen molar-refractivity contribution in [3.63, 3.8) is 0 Å². The van der Waals surface area contributed by atoms with Crippen molar-refractivity contribution in [3.05, 3.63) is 5.82 Å². The highest BCUT2D eigenvalue weighted by atomic mass is 15.6. The molecule has 1 N–H and O–H groups in total. The van der Waals surface area contributed by atoms with Gasteiger partial charge in [-0.1, -0.05) is 6.92 Å². The van der Waals surface area contributed by atoms with E-state index in [2.05, 4.69) is 32.4 Å². The highest BCUT2D eigenvalue weighted by Crippen LogP contribution is 2.31. The van der Waals surface area contributed by atoms with E-state index >= 15 is 0 Å². The van der Waals surface area contributed by atoms with Gasteiger partial charge in [0.2, 0.25) is 0 Å². The van der Waals surface area contributed by atoms with E-state index in [9.17, 15) is 0 Å². The minimum absolute atomic E-state index is 0.525. The zero-order valence-corrected chi connectivity index (χ0v) is 10.5. The maximum atomic E-state index is 4.18. The fourth-order valence-electron chi connectivity index (χ4n) is 2.62. The molecule has 0 aromatic carbocycles. The third-order valence-electron chi connectivity index (χ3n) is 4.02. The number of tetrazole rings is 1. The van der Waals surface area contributed by atoms with Crippen molar-refractivity contribution in [1.82, 2.24) is 25.5 Å². The van der Waals surface area contributed by atoms with Gasteiger partial charge in [0.1, 0.15) is 0 Å². The van der Waals surface area contributed by atoms with E-state index in [4.69, 9.17) is 0 Å². The van der Waals surface area contributed by atoms with Crippen LogP contribution in [0, 0.1) is 5.92 Å². The molecule has 0 aliphatic heterocycles. The van der Waals surface area contributed by atoms with E-state index in [1.54, 1.807) is 0 Å². The molecule has 2 fully saturated rings. The van der Waals surface area contributed by atoms with Crippen LogP contribution in [0.5, 0.6) is 0 Å². The molecule has 0 unspecified atom stereocenters. The van der Waals surface area contributed by atoms with Crippen LogP contribution in [0.3, 0.4) is 0 Å². The van der Waals surface area contributed by atoms with Crippen LogP contribution in [0.1, 0.15) is 57.3 Å². The molecular formula is C12H21N5. The smallest absolute Gasteiger partial charge is 0.165 e. The first-order valence-electron chi connectivity index (χ1n) is 6.83. The highest BCUT2D eigenvalue weighted by Gasteiger charge is 2.25. The predicted octanol–water partition coefficient (Wildman–Crippen LogP) is 1.68. The lowest BCUT2D eigenvalue weighted by atomic mass is 9.87. The first-order valence-corrected chi connectivity index (χ1v) is 6.83. The first kappa shape index (κ1) is 11.1. The molecule has 0 bridgehead atoms. The summed E-state index contributed by atoms with van der Waals surface area (Å²) in [4.78, 5) is 0. The first-order chi connectivity index (χ1) is 8.33. The van der Waals surface area contributed by atoms with Gasteiger partial charge in [0.15, 0.2) is 5.82 Å². The van der Waals surface area contributed by atoms with Crippen LogP contribution in [0.2, 0.25) is 0 Å². The third kappa shape index (κ3) is 2.65. The molecule has 2 aliphatic carbocycles. The molecule has 2 saturated carbocycles. The summed E-state index contributed by atoms with van der Waals surface area (Å²) in [5.41, 5.74) is 0. The standard InChI is InChI=1S/C12H21N5/c1-9-2-6-11(7-3-9)17-12(14-15-16-17)8-13-10-4-5-10/h9-11,13H,2-8H2,1H3. The van der Waals surface area contributed by atoms with Crippen LogP contribution in [0.4, 0.5) is 0 Å². The van der Waals surface area contributed by atoms with Crippen LogP contribution in [-0.4, -0.2) is 26.2 Å². The molecule has 94 valence electrons.